The van der Waals surface area contributed by atoms with Gasteiger partial charge in [0.05, 0.1) is 7.11 Å². The number of aromatic amines is 1. The minimum atomic E-state index is 0.169. The first-order chi connectivity index (χ1) is 8.20. The van der Waals surface area contributed by atoms with Gasteiger partial charge in [0.25, 0.3) is 0 Å². The summed E-state index contributed by atoms with van der Waals surface area (Å²) in [6.07, 6.45) is 2.89. The van der Waals surface area contributed by atoms with E-state index in [1.54, 1.807) is 7.11 Å². The molecule has 0 amide bonds. The van der Waals surface area contributed by atoms with E-state index < -0.39 is 0 Å². The lowest BCUT2D eigenvalue weighted by Crippen LogP contribution is -2.05. The average molecular weight is 249 g/mol. The summed E-state index contributed by atoms with van der Waals surface area (Å²) in [5.41, 5.74) is 7.64. The highest BCUT2D eigenvalue weighted by atomic mass is 32.2. The average Bonchev–Trinajstić information content (AvgIpc) is 2.71. The smallest absolute Gasteiger partial charge is 0.151 e. The molecule has 1 heterocycles. The van der Waals surface area contributed by atoms with Gasteiger partial charge in [-0.15, -0.1) is 0 Å². The maximum Gasteiger partial charge on any atom is 0.151 e. The third-order valence-corrected chi connectivity index (χ3v) is 3.32. The number of hydrogen-bond acceptors (Lipinski definition) is 3. The molecule has 0 bridgehead atoms. The zero-order valence-corrected chi connectivity index (χ0v) is 10.4. The van der Waals surface area contributed by atoms with Crippen LogP contribution in [0, 0.1) is 5.41 Å². The lowest BCUT2D eigenvalue weighted by atomic mass is 10.1. The number of nitrogens with one attached hydrogen (secondary N) is 2. The summed E-state index contributed by atoms with van der Waals surface area (Å²) in [6.45, 7) is 0. The first-order valence-corrected chi connectivity index (χ1v) is 6.30. The standard InChI is InChI=1S/C12H15N3OS/c1-16-9-2-3-11-10(6-9)8(7-15-11)4-5-17-12(13)14/h2-3,6-7,15H,4-5H2,1H3,(H3,13,14). The van der Waals surface area contributed by atoms with Crippen LogP contribution in [0.15, 0.2) is 24.4 Å². The molecule has 0 saturated heterocycles. The van der Waals surface area contributed by atoms with Crippen molar-refractivity contribution in [3.8, 4) is 5.75 Å². The lowest BCUT2D eigenvalue weighted by Gasteiger charge is -2.01. The Morgan fingerprint density at radius 2 is 2.35 bits per heavy atom. The largest absolute Gasteiger partial charge is 0.497 e. The summed E-state index contributed by atoms with van der Waals surface area (Å²) in [4.78, 5) is 3.23. The van der Waals surface area contributed by atoms with Crippen LogP contribution in [0.5, 0.6) is 5.75 Å². The zero-order valence-electron chi connectivity index (χ0n) is 9.62. The molecule has 2 aromatic rings. The summed E-state index contributed by atoms with van der Waals surface area (Å²) in [5.74, 6) is 1.68. The molecule has 0 spiro atoms. The summed E-state index contributed by atoms with van der Waals surface area (Å²) in [5, 5.41) is 8.51. The molecule has 0 saturated carbocycles. The molecule has 0 unspecified atom stereocenters. The molecule has 90 valence electrons. The molecule has 4 nitrogen and oxygen atoms in total. The Labute approximate surface area is 104 Å². The highest BCUT2D eigenvalue weighted by molar-refractivity contribution is 8.13. The van der Waals surface area contributed by atoms with Gasteiger partial charge in [0.1, 0.15) is 5.75 Å². The number of aryl methyl sites for hydroxylation is 1. The number of amidine groups is 1. The van der Waals surface area contributed by atoms with Gasteiger partial charge in [-0.05, 0) is 30.2 Å². The normalized spacial score (nSPS) is 10.6. The molecule has 17 heavy (non-hydrogen) atoms. The van der Waals surface area contributed by atoms with Crippen molar-refractivity contribution in [2.24, 2.45) is 5.73 Å². The van der Waals surface area contributed by atoms with E-state index in [9.17, 15) is 0 Å². The van der Waals surface area contributed by atoms with E-state index in [4.69, 9.17) is 15.9 Å². The first-order valence-electron chi connectivity index (χ1n) is 5.31. The van der Waals surface area contributed by atoms with Crippen molar-refractivity contribution in [2.75, 3.05) is 12.9 Å². The van der Waals surface area contributed by atoms with Crippen LogP contribution in [0.4, 0.5) is 0 Å². The quantitative estimate of drug-likeness (QED) is 0.575. The van der Waals surface area contributed by atoms with Crippen LogP contribution in [0.2, 0.25) is 0 Å². The molecule has 0 atom stereocenters. The van der Waals surface area contributed by atoms with Crippen LogP contribution in [0.1, 0.15) is 5.56 Å². The number of H-pyrrole nitrogens is 1. The fourth-order valence-corrected chi connectivity index (χ4v) is 2.30. The van der Waals surface area contributed by atoms with Gasteiger partial charge in [0, 0.05) is 22.9 Å². The van der Waals surface area contributed by atoms with Crippen LogP contribution in [-0.4, -0.2) is 23.0 Å². The number of aromatic nitrogens is 1. The van der Waals surface area contributed by atoms with E-state index in [2.05, 4.69) is 4.98 Å². The zero-order chi connectivity index (χ0) is 12.3. The summed E-state index contributed by atoms with van der Waals surface area (Å²) >= 11 is 1.36. The van der Waals surface area contributed by atoms with Gasteiger partial charge in [-0.3, -0.25) is 5.41 Å². The lowest BCUT2D eigenvalue weighted by molar-refractivity contribution is 0.415. The van der Waals surface area contributed by atoms with Gasteiger partial charge < -0.3 is 15.5 Å². The summed E-state index contributed by atoms with van der Waals surface area (Å²) < 4.78 is 5.22. The number of thioether (sulfide) groups is 1. The number of methoxy groups -OCH3 is 1. The first kappa shape index (κ1) is 11.9. The fraction of sp³-hybridized carbons (Fsp3) is 0.250. The van der Waals surface area contributed by atoms with Crippen molar-refractivity contribution >= 4 is 27.8 Å². The molecular formula is C12H15N3OS. The van der Waals surface area contributed by atoms with Crippen LogP contribution in [0.25, 0.3) is 10.9 Å². The van der Waals surface area contributed by atoms with Gasteiger partial charge in [0.15, 0.2) is 5.17 Å². The number of ether oxygens (including phenoxy) is 1. The van der Waals surface area contributed by atoms with Crippen LogP contribution < -0.4 is 10.5 Å². The van der Waals surface area contributed by atoms with Gasteiger partial charge in [0.2, 0.25) is 0 Å². The Bertz CT molecular complexity index is 536. The second-order valence-electron chi connectivity index (χ2n) is 3.69. The van der Waals surface area contributed by atoms with Crippen molar-refractivity contribution in [1.29, 1.82) is 5.41 Å². The minimum Gasteiger partial charge on any atom is -0.497 e. The highest BCUT2D eigenvalue weighted by Crippen LogP contribution is 2.24. The second-order valence-corrected chi connectivity index (χ2v) is 4.82. The maximum absolute atomic E-state index is 7.16. The molecule has 4 N–H and O–H groups in total. The number of benzene rings is 1. The maximum atomic E-state index is 7.16. The minimum absolute atomic E-state index is 0.169. The number of nitrogens with two attached hydrogens (primary N) is 1. The molecular weight excluding hydrogens is 234 g/mol. The van der Waals surface area contributed by atoms with Crippen molar-refractivity contribution < 1.29 is 4.74 Å². The van der Waals surface area contributed by atoms with E-state index in [0.29, 0.717) is 0 Å². The Hall–Kier alpha value is -1.62. The Balaban J connectivity index is 2.19. The Morgan fingerprint density at radius 3 is 3.06 bits per heavy atom. The van der Waals surface area contributed by atoms with Gasteiger partial charge >= 0.3 is 0 Å². The van der Waals surface area contributed by atoms with E-state index in [-0.39, 0.29) is 5.17 Å². The topological polar surface area (TPSA) is 74.9 Å². The molecule has 0 radical (unpaired) electrons. The molecule has 1 aromatic carbocycles. The van der Waals surface area contributed by atoms with Gasteiger partial charge in [-0.1, -0.05) is 11.8 Å². The Kier molecular flexibility index (Phi) is 3.58. The summed E-state index contributed by atoms with van der Waals surface area (Å²) in [7, 11) is 1.67. The van der Waals surface area contributed by atoms with Crippen molar-refractivity contribution in [3.63, 3.8) is 0 Å². The van der Waals surface area contributed by atoms with Crippen LogP contribution in [0.3, 0.4) is 0 Å². The number of fused-ring (bicyclic) bond motifs is 1. The third kappa shape index (κ3) is 2.74. The highest BCUT2D eigenvalue weighted by Gasteiger charge is 2.05. The number of rotatable bonds is 4. The second kappa shape index (κ2) is 5.14. The van der Waals surface area contributed by atoms with E-state index in [0.717, 1.165) is 23.4 Å². The molecule has 0 fully saturated rings. The molecule has 0 aliphatic carbocycles. The van der Waals surface area contributed by atoms with Crippen molar-refractivity contribution in [3.05, 3.63) is 30.0 Å². The predicted molar refractivity (Wildman–Crippen MR) is 72.9 cm³/mol. The van der Waals surface area contributed by atoms with Crippen LogP contribution >= 0.6 is 11.8 Å². The molecule has 1 aromatic heterocycles. The molecule has 5 heteroatoms. The van der Waals surface area contributed by atoms with Crippen molar-refractivity contribution in [2.45, 2.75) is 6.42 Å². The van der Waals surface area contributed by atoms with Gasteiger partial charge in [-0.2, -0.15) is 0 Å². The van der Waals surface area contributed by atoms with Crippen molar-refractivity contribution in [1.82, 2.24) is 4.98 Å². The fourth-order valence-electron chi connectivity index (χ4n) is 1.76. The predicted octanol–water partition coefficient (Wildman–Crippen LogP) is 2.35. The van der Waals surface area contributed by atoms with E-state index in [1.165, 1.54) is 22.7 Å². The van der Waals surface area contributed by atoms with Gasteiger partial charge in [-0.25, -0.2) is 0 Å². The monoisotopic (exact) mass is 249 g/mol. The Morgan fingerprint density at radius 1 is 1.53 bits per heavy atom. The molecule has 0 aliphatic heterocycles. The van der Waals surface area contributed by atoms with E-state index >= 15 is 0 Å². The number of hydrogen-bond donors (Lipinski definition) is 3. The third-order valence-electron chi connectivity index (χ3n) is 2.60. The molecule has 0 aliphatic rings. The SMILES string of the molecule is COc1ccc2[nH]cc(CCSC(=N)N)c2c1. The van der Waals surface area contributed by atoms with Crippen LogP contribution in [-0.2, 0) is 6.42 Å². The van der Waals surface area contributed by atoms with E-state index in [1.807, 2.05) is 24.4 Å². The summed E-state index contributed by atoms with van der Waals surface area (Å²) in [6, 6.07) is 5.97. The molecule has 2 rings (SSSR count).